The van der Waals surface area contributed by atoms with Gasteiger partial charge in [0.15, 0.2) is 0 Å². The fourth-order valence-electron chi connectivity index (χ4n) is 3.88. The largest absolute Gasteiger partial charge is 0.493 e. The Morgan fingerprint density at radius 1 is 1.03 bits per heavy atom. The number of rotatable bonds is 6. The lowest BCUT2D eigenvalue weighted by molar-refractivity contribution is 0.0633. The summed E-state index contributed by atoms with van der Waals surface area (Å²) in [5.41, 5.74) is 3.73. The lowest BCUT2D eigenvalue weighted by Gasteiger charge is -2.33. The van der Waals surface area contributed by atoms with Gasteiger partial charge in [0.05, 0.1) is 6.61 Å². The molecule has 4 rings (SSSR count). The first-order valence-electron chi connectivity index (χ1n) is 10.9. The molecule has 1 aliphatic carbocycles. The highest BCUT2D eigenvalue weighted by molar-refractivity contribution is 5.95. The van der Waals surface area contributed by atoms with Crippen molar-refractivity contribution in [3.63, 3.8) is 0 Å². The molecule has 0 radical (unpaired) electrons. The van der Waals surface area contributed by atoms with Gasteiger partial charge in [-0.2, -0.15) is 0 Å². The van der Waals surface area contributed by atoms with Gasteiger partial charge < -0.3 is 15.0 Å². The number of nitrogens with zero attached hydrogens (tertiary/aromatic N) is 1. The Hall–Kier alpha value is -2.82. The van der Waals surface area contributed by atoms with Crippen molar-refractivity contribution in [1.29, 1.82) is 0 Å². The minimum absolute atomic E-state index is 0.0363. The number of piperidine rings is 1. The van der Waals surface area contributed by atoms with Gasteiger partial charge in [-0.05, 0) is 81.0 Å². The summed E-state index contributed by atoms with van der Waals surface area (Å²) in [5.74, 6) is 1.06. The third-order valence-corrected chi connectivity index (χ3v) is 6.05. The number of nitrogens with one attached hydrogen (secondary N) is 1. The molecule has 0 aromatic heterocycles. The highest BCUT2D eigenvalue weighted by Gasteiger charge is 2.26. The van der Waals surface area contributed by atoms with E-state index in [0.717, 1.165) is 43.4 Å². The minimum atomic E-state index is -0.0363. The van der Waals surface area contributed by atoms with Crippen molar-refractivity contribution in [3.8, 4) is 5.75 Å². The summed E-state index contributed by atoms with van der Waals surface area (Å²) in [6.45, 7) is 6.14. The third kappa shape index (κ3) is 5.02. The van der Waals surface area contributed by atoms with E-state index in [9.17, 15) is 9.59 Å². The predicted molar refractivity (Wildman–Crippen MR) is 117 cm³/mol. The Kier molecular flexibility index (Phi) is 6.07. The normalized spacial score (nSPS) is 18.7. The molecular formula is C25H30N2O3. The smallest absolute Gasteiger partial charge is 0.253 e. The van der Waals surface area contributed by atoms with Crippen LogP contribution in [0.5, 0.6) is 5.75 Å². The summed E-state index contributed by atoms with van der Waals surface area (Å²) >= 11 is 0. The molecule has 2 aromatic rings. The molecule has 2 aromatic carbocycles. The molecule has 1 atom stereocenters. The van der Waals surface area contributed by atoms with E-state index in [0.29, 0.717) is 30.5 Å². The molecule has 1 unspecified atom stereocenters. The van der Waals surface area contributed by atoms with Crippen LogP contribution in [-0.4, -0.2) is 42.5 Å². The number of likely N-dealkylation sites (tertiary alicyclic amines) is 1. The van der Waals surface area contributed by atoms with Gasteiger partial charge in [-0.15, -0.1) is 0 Å². The van der Waals surface area contributed by atoms with Crippen molar-refractivity contribution in [3.05, 3.63) is 64.7 Å². The number of hydrogen-bond acceptors (Lipinski definition) is 3. The van der Waals surface area contributed by atoms with Gasteiger partial charge >= 0.3 is 0 Å². The standard InChI is InChI=1S/C25H30N2O3/c1-17-8-9-21(13-18(17)2)25(29)27-12-4-5-19(15-27)16-30-23-7-3-6-20(14-23)24(28)26-22-10-11-22/h3,6-9,13-14,19,22H,4-5,10-12,15-16H2,1-2H3,(H,26,28). The van der Waals surface area contributed by atoms with Gasteiger partial charge in [0.2, 0.25) is 0 Å². The van der Waals surface area contributed by atoms with Crippen LogP contribution in [-0.2, 0) is 0 Å². The van der Waals surface area contributed by atoms with Gasteiger partial charge in [-0.1, -0.05) is 12.1 Å². The van der Waals surface area contributed by atoms with E-state index in [1.165, 1.54) is 5.56 Å². The second-order valence-electron chi connectivity index (χ2n) is 8.65. The zero-order chi connectivity index (χ0) is 21.1. The molecule has 1 saturated heterocycles. The van der Waals surface area contributed by atoms with Crippen LogP contribution in [0.25, 0.3) is 0 Å². The van der Waals surface area contributed by atoms with Crippen molar-refractivity contribution in [2.45, 2.75) is 45.6 Å². The van der Waals surface area contributed by atoms with Gasteiger partial charge in [0.25, 0.3) is 11.8 Å². The van der Waals surface area contributed by atoms with Crippen molar-refractivity contribution in [2.75, 3.05) is 19.7 Å². The molecule has 158 valence electrons. The van der Waals surface area contributed by atoms with Gasteiger partial charge in [-0.25, -0.2) is 0 Å². The Morgan fingerprint density at radius 2 is 1.87 bits per heavy atom. The van der Waals surface area contributed by atoms with E-state index in [-0.39, 0.29) is 17.7 Å². The molecule has 1 saturated carbocycles. The first kappa shape index (κ1) is 20.5. The monoisotopic (exact) mass is 406 g/mol. The van der Waals surface area contributed by atoms with Crippen molar-refractivity contribution in [1.82, 2.24) is 10.2 Å². The van der Waals surface area contributed by atoms with E-state index in [2.05, 4.69) is 12.2 Å². The van der Waals surface area contributed by atoms with E-state index in [1.54, 1.807) is 6.07 Å². The molecule has 0 bridgehead atoms. The zero-order valence-corrected chi connectivity index (χ0v) is 17.8. The average molecular weight is 407 g/mol. The average Bonchev–Trinajstić information content (AvgIpc) is 3.58. The zero-order valence-electron chi connectivity index (χ0n) is 17.8. The predicted octanol–water partition coefficient (Wildman–Crippen LogP) is 4.13. The van der Waals surface area contributed by atoms with Crippen molar-refractivity contribution >= 4 is 11.8 Å². The number of ether oxygens (including phenoxy) is 1. The maximum absolute atomic E-state index is 12.9. The minimum Gasteiger partial charge on any atom is -0.493 e. The summed E-state index contributed by atoms with van der Waals surface area (Å²) < 4.78 is 6.01. The van der Waals surface area contributed by atoms with Gasteiger partial charge in [0, 0.05) is 36.2 Å². The SMILES string of the molecule is Cc1ccc(C(=O)N2CCCC(COc3cccc(C(=O)NC4CC4)c3)C2)cc1C. The number of carbonyl (C=O) groups excluding carboxylic acids is 2. The Balaban J connectivity index is 1.33. The van der Waals surface area contributed by atoms with Gasteiger partial charge in [-0.3, -0.25) is 9.59 Å². The third-order valence-electron chi connectivity index (χ3n) is 6.05. The first-order chi connectivity index (χ1) is 14.5. The van der Waals surface area contributed by atoms with Gasteiger partial charge in [0.1, 0.15) is 5.75 Å². The van der Waals surface area contributed by atoms with Crippen LogP contribution in [0.3, 0.4) is 0 Å². The molecular weight excluding hydrogens is 376 g/mol. The Bertz CT molecular complexity index is 936. The second-order valence-corrected chi connectivity index (χ2v) is 8.65. The van der Waals surface area contributed by atoms with Crippen LogP contribution < -0.4 is 10.1 Å². The molecule has 30 heavy (non-hydrogen) atoms. The summed E-state index contributed by atoms with van der Waals surface area (Å²) in [7, 11) is 0. The summed E-state index contributed by atoms with van der Waals surface area (Å²) in [6, 6.07) is 13.6. The molecule has 2 aliphatic rings. The highest BCUT2D eigenvalue weighted by atomic mass is 16.5. The van der Waals surface area contributed by atoms with Crippen LogP contribution in [0.15, 0.2) is 42.5 Å². The molecule has 5 heteroatoms. The van der Waals surface area contributed by atoms with Crippen molar-refractivity contribution in [2.24, 2.45) is 5.92 Å². The molecule has 2 fully saturated rings. The maximum atomic E-state index is 12.9. The highest BCUT2D eigenvalue weighted by Crippen LogP contribution is 2.23. The molecule has 1 aliphatic heterocycles. The van der Waals surface area contributed by atoms with E-state index < -0.39 is 0 Å². The number of benzene rings is 2. The first-order valence-corrected chi connectivity index (χ1v) is 10.9. The van der Waals surface area contributed by atoms with Crippen LogP contribution in [0.4, 0.5) is 0 Å². The molecule has 0 spiro atoms. The lowest BCUT2D eigenvalue weighted by atomic mass is 9.97. The van der Waals surface area contributed by atoms with E-state index >= 15 is 0 Å². The number of aryl methyl sites for hydroxylation is 2. The van der Waals surface area contributed by atoms with E-state index in [4.69, 9.17) is 4.74 Å². The topological polar surface area (TPSA) is 58.6 Å². The second kappa shape index (κ2) is 8.90. The fourth-order valence-corrected chi connectivity index (χ4v) is 3.88. The van der Waals surface area contributed by atoms with Crippen LogP contribution >= 0.6 is 0 Å². The molecule has 1 heterocycles. The summed E-state index contributed by atoms with van der Waals surface area (Å²) in [5, 5.41) is 3.01. The maximum Gasteiger partial charge on any atom is 0.253 e. The van der Waals surface area contributed by atoms with Crippen LogP contribution in [0.1, 0.15) is 57.5 Å². The molecule has 2 amide bonds. The number of hydrogen-bond donors (Lipinski definition) is 1. The van der Waals surface area contributed by atoms with E-state index in [1.807, 2.05) is 48.2 Å². The number of amides is 2. The summed E-state index contributed by atoms with van der Waals surface area (Å²) in [4.78, 5) is 27.1. The Labute approximate surface area is 178 Å². The van der Waals surface area contributed by atoms with Crippen LogP contribution in [0.2, 0.25) is 0 Å². The van der Waals surface area contributed by atoms with Crippen LogP contribution in [0, 0.1) is 19.8 Å². The molecule has 5 nitrogen and oxygen atoms in total. The summed E-state index contributed by atoms with van der Waals surface area (Å²) in [6.07, 6.45) is 4.16. The lowest BCUT2D eigenvalue weighted by Crippen LogP contribution is -2.41. The van der Waals surface area contributed by atoms with Crippen molar-refractivity contribution < 1.29 is 14.3 Å². The quantitative estimate of drug-likeness (QED) is 0.785. The molecule has 1 N–H and O–H groups in total. The Morgan fingerprint density at radius 3 is 2.63 bits per heavy atom. The number of carbonyl (C=O) groups is 2. The fraction of sp³-hybridized carbons (Fsp3) is 0.440.